The van der Waals surface area contributed by atoms with Gasteiger partial charge in [-0.3, -0.25) is 4.79 Å². The Labute approximate surface area is 153 Å². The molecule has 1 aromatic carbocycles. The first kappa shape index (κ1) is 18.4. The van der Waals surface area contributed by atoms with Crippen molar-refractivity contribution in [1.82, 2.24) is 9.80 Å². The maximum Gasteiger partial charge on any atom is 0.222 e. The summed E-state index contributed by atoms with van der Waals surface area (Å²) in [4.78, 5) is 17.1. The van der Waals surface area contributed by atoms with Gasteiger partial charge < -0.3 is 9.80 Å². The molecule has 0 saturated heterocycles. The minimum absolute atomic E-state index is 0.313. The van der Waals surface area contributed by atoms with E-state index in [1.165, 1.54) is 42.4 Å². The van der Waals surface area contributed by atoms with Crippen molar-refractivity contribution >= 4 is 5.91 Å². The van der Waals surface area contributed by atoms with E-state index < -0.39 is 0 Å². The summed E-state index contributed by atoms with van der Waals surface area (Å²) in [5.41, 5.74) is 3.86. The van der Waals surface area contributed by atoms with Gasteiger partial charge in [0.25, 0.3) is 0 Å². The van der Waals surface area contributed by atoms with Crippen molar-refractivity contribution in [2.75, 3.05) is 21.1 Å². The van der Waals surface area contributed by atoms with Crippen LogP contribution in [0, 0.1) is 25.7 Å². The zero-order chi connectivity index (χ0) is 18.1. The van der Waals surface area contributed by atoms with E-state index in [1.54, 1.807) is 0 Å². The molecule has 1 amide bonds. The van der Waals surface area contributed by atoms with Crippen molar-refractivity contribution in [1.29, 1.82) is 0 Å². The number of carbonyl (C=O) groups is 1. The van der Waals surface area contributed by atoms with Crippen molar-refractivity contribution in [2.45, 2.75) is 64.5 Å². The number of nitrogens with zero attached hydrogens (tertiary/aromatic N) is 2. The standard InChI is InChI=1S/C22H34N2O/c1-15-8-16(2)10-17(9-15)6-7-22(25)24(5)21-13-18-11-20(23(3)4)12-19(18)14-21/h8-10,18-21H,6-7,11-14H2,1-5H3/t18-,19+,20?,21?. The fourth-order valence-corrected chi connectivity index (χ4v) is 5.14. The van der Waals surface area contributed by atoms with Gasteiger partial charge in [-0.25, -0.2) is 0 Å². The smallest absolute Gasteiger partial charge is 0.222 e. The topological polar surface area (TPSA) is 23.6 Å². The maximum absolute atomic E-state index is 12.7. The average molecular weight is 343 g/mol. The van der Waals surface area contributed by atoms with Gasteiger partial charge in [-0.2, -0.15) is 0 Å². The lowest BCUT2D eigenvalue weighted by atomic mass is 10.0. The van der Waals surface area contributed by atoms with Gasteiger partial charge in [0, 0.05) is 25.6 Å². The van der Waals surface area contributed by atoms with Crippen LogP contribution in [-0.4, -0.2) is 48.9 Å². The third-order valence-corrected chi connectivity index (χ3v) is 6.55. The first-order chi connectivity index (χ1) is 11.8. The monoisotopic (exact) mass is 342 g/mol. The number of aryl methyl sites for hydroxylation is 3. The lowest BCUT2D eigenvalue weighted by Gasteiger charge is -2.27. The number of carbonyl (C=O) groups excluding carboxylic acids is 1. The van der Waals surface area contributed by atoms with Crippen LogP contribution in [0.15, 0.2) is 18.2 Å². The van der Waals surface area contributed by atoms with Crippen LogP contribution >= 0.6 is 0 Å². The van der Waals surface area contributed by atoms with Gasteiger partial charge in [0.05, 0.1) is 0 Å². The van der Waals surface area contributed by atoms with Crippen LogP contribution in [0.2, 0.25) is 0 Å². The first-order valence-corrected chi connectivity index (χ1v) is 9.82. The van der Waals surface area contributed by atoms with Crippen LogP contribution in [0.4, 0.5) is 0 Å². The van der Waals surface area contributed by atoms with E-state index in [-0.39, 0.29) is 0 Å². The Bertz CT molecular complexity index is 590. The van der Waals surface area contributed by atoms with Crippen molar-refractivity contribution in [3.8, 4) is 0 Å². The third kappa shape index (κ3) is 4.25. The molecule has 3 rings (SSSR count). The molecule has 0 spiro atoms. The number of hydrogen-bond acceptors (Lipinski definition) is 2. The zero-order valence-electron chi connectivity index (χ0n) is 16.6. The minimum Gasteiger partial charge on any atom is -0.343 e. The normalized spacial score (nSPS) is 28.4. The van der Waals surface area contributed by atoms with Crippen molar-refractivity contribution < 1.29 is 4.79 Å². The van der Waals surface area contributed by atoms with Crippen molar-refractivity contribution in [3.63, 3.8) is 0 Å². The molecule has 138 valence electrons. The van der Waals surface area contributed by atoms with Crippen LogP contribution in [0.25, 0.3) is 0 Å². The summed E-state index contributed by atoms with van der Waals surface area (Å²) >= 11 is 0. The van der Waals surface area contributed by atoms with Crippen LogP contribution in [-0.2, 0) is 11.2 Å². The molecule has 0 aromatic heterocycles. The van der Waals surface area contributed by atoms with Gasteiger partial charge in [-0.1, -0.05) is 29.3 Å². The van der Waals surface area contributed by atoms with E-state index >= 15 is 0 Å². The maximum atomic E-state index is 12.7. The lowest BCUT2D eigenvalue weighted by molar-refractivity contribution is -0.131. The predicted octanol–water partition coefficient (Wildman–Crippen LogP) is 3.81. The largest absolute Gasteiger partial charge is 0.343 e. The summed E-state index contributed by atoms with van der Waals surface area (Å²) in [6.07, 6.45) is 6.54. The molecule has 0 radical (unpaired) electrons. The molecule has 4 atom stereocenters. The molecule has 2 unspecified atom stereocenters. The minimum atomic E-state index is 0.313. The number of amides is 1. The highest BCUT2D eigenvalue weighted by Gasteiger charge is 2.43. The van der Waals surface area contributed by atoms with Crippen molar-refractivity contribution in [3.05, 3.63) is 34.9 Å². The molecule has 0 heterocycles. The molecule has 0 bridgehead atoms. The van der Waals surface area contributed by atoms with Gasteiger partial charge >= 0.3 is 0 Å². The second-order valence-electron chi connectivity index (χ2n) is 8.73. The lowest BCUT2D eigenvalue weighted by Crippen LogP contribution is -2.36. The number of fused-ring (bicyclic) bond motifs is 1. The van der Waals surface area contributed by atoms with E-state index in [0.717, 1.165) is 24.3 Å². The van der Waals surface area contributed by atoms with Crippen molar-refractivity contribution in [2.24, 2.45) is 11.8 Å². The quantitative estimate of drug-likeness (QED) is 0.812. The number of hydrogen-bond donors (Lipinski definition) is 0. The van der Waals surface area contributed by atoms with E-state index in [4.69, 9.17) is 0 Å². The molecule has 0 aliphatic heterocycles. The first-order valence-electron chi connectivity index (χ1n) is 9.82. The molecule has 2 aliphatic carbocycles. The summed E-state index contributed by atoms with van der Waals surface area (Å²) in [6, 6.07) is 7.82. The molecule has 2 saturated carbocycles. The van der Waals surface area contributed by atoms with E-state index in [9.17, 15) is 4.79 Å². The molecule has 1 aromatic rings. The molecular formula is C22H34N2O. The van der Waals surface area contributed by atoms with Crippen LogP contribution in [0.5, 0.6) is 0 Å². The van der Waals surface area contributed by atoms with Crippen LogP contribution < -0.4 is 0 Å². The Balaban J connectivity index is 1.50. The van der Waals surface area contributed by atoms with Crippen LogP contribution in [0.1, 0.15) is 48.8 Å². The Kier molecular flexibility index (Phi) is 5.52. The van der Waals surface area contributed by atoms with E-state index in [0.29, 0.717) is 18.4 Å². The number of rotatable bonds is 5. The Morgan fingerprint density at radius 3 is 1.96 bits per heavy atom. The second-order valence-corrected chi connectivity index (χ2v) is 8.73. The SMILES string of the molecule is Cc1cc(C)cc(CCC(=O)N(C)C2C[C@H]3CC(N(C)C)C[C@H]3C2)c1. The molecule has 3 heteroatoms. The number of benzene rings is 1. The fraction of sp³-hybridized carbons (Fsp3) is 0.682. The summed E-state index contributed by atoms with van der Waals surface area (Å²) < 4.78 is 0. The average Bonchev–Trinajstić information content (AvgIpc) is 3.09. The molecular weight excluding hydrogens is 308 g/mol. The zero-order valence-corrected chi connectivity index (χ0v) is 16.6. The van der Waals surface area contributed by atoms with Crippen LogP contribution in [0.3, 0.4) is 0 Å². The molecule has 25 heavy (non-hydrogen) atoms. The molecule has 2 fully saturated rings. The Morgan fingerprint density at radius 2 is 1.44 bits per heavy atom. The molecule has 3 nitrogen and oxygen atoms in total. The molecule has 2 aliphatic rings. The highest BCUT2D eigenvalue weighted by Crippen LogP contribution is 2.46. The van der Waals surface area contributed by atoms with E-state index in [1.807, 2.05) is 7.05 Å². The third-order valence-electron chi connectivity index (χ3n) is 6.55. The highest BCUT2D eigenvalue weighted by atomic mass is 16.2. The van der Waals surface area contributed by atoms with Gasteiger partial charge in [-0.05, 0) is 77.4 Å². The van der Waals surface area contributed by atoms with Gasteiger partial charge in [0.2, 0.25) is 5.91 Å². The summed E-state index contributed by atoms with van der Waals surface area (Å²) in [6.45, 7) is 4.26. The highest BCUT2D eigenvalue weighted by molar-refractivity contribution is 5.76. The summed E-state index contributed by atoms with van der Waals surface area (Å²) in [5, 5.41) is 0. The molecule has 0 N–H and O–H groups in total. The second kappa shape index (κ2) is 7.49. The Hall–Kier alpha value is -1.35. The van der Waals surface area contributed by atoms with E-state index in [2.05, 4.69) is 55.9 Å². The fourth-order valence-electron chi connectivity index (χ4n) is 5.14. The Morgan fingerprint density at radius 1 is 0.920 bits per heavy atom. The summed E-state index contributed by atoms with van der Waals surface area (Å²) in [7, 11) is 6.43. The van der Waals surface area contributed by atoms with Gasteiger partial charge in [0.1, 0.15) is 0 Å². The predicted molar refractivity (Wildman–Crippen MR) is 104 cm³/mol. The van der Waals surface area contributed by atoms with Gasteiger partial charge in [0.15, 0.2) is 0 Å². The van der Waals surface area contributed by atoms with Gasteiger partial charge in [-0.15, -0.1) is 0 Å². The summed E-state index contributed by atoms with van der Waals surface area (Å²) in [5.74, 6) is 1.97.